The van der Waals surface area contributed by atoms with Crippen molar-refractivity contribution in [2.45, 2.75) is 44.1 Å². The third-order valence-electron chi connectivity index (χ3n) is 6.80. The summed E-state index contributed by atoms with van der Waals surface area (Å²) in [6.45, 7) is 4.06. The molecule has 218 valence electrons. The van der Waals surface area contributed by atoms with Gasteiger partial charge in [-0.05, 0) is 44.0 Å². The minimum Gasteiger partial charge on any atom is -0.488 e. The van der Waals surface area contributed by atoms with E-state index in [-0.39, 0.29) is 67.8 Å². The van der Waals surface area contributed by atoms with E-state index in [1.807, 2.05) is 0 Å². The van der Waals surface area contributed by atoms with E-state index in [1.165, 1.54) is 46.9 Å². The molecule has 1 aliphatic rings. The van der Waals surface area contributed by atoms with Crippen molar-refractivity contribution in [2.24, 2.45) is 5.73 Å². The smallest absolute Gasteiger partial charge is 0.408 e. The Kier molecular flexibility index (Phi) is 9.52. The first-order chi connectivity index (χ1) is 17.9. The Morgan fingerprint density at radius 3 is 2.52 bits per heavy atom. The molecule has 1 saturated heterocycles. The number of alkyl halides is 3. The molecule has 4 aromatic rings. The standard InChI is InChI=1S/C26H28F4N6O2.2ClH/c1-15(37-3)13-38-21-11-20-16(10-18(21)27)4-6-19(32-20)24-34-33-22-7-5-17(12-36(22)24)23(26(28,29)30)35-9-8-25(2,31)14-35;;/h4-7,10-12,15,23H,8-9,13-14,31H2,1-3H3;2*1H/t15-,23-,25-;;/m0../s1. The summed E-state index contributed by atoms with van der Waals surface area (Å²) in [6.07, 6.45) is -2.88. The van der Waals surface area contributed by atoms with Gasteiger partial charge in [0.1, 0.15) is 18.3 Å². The SMILES string of the molecule is CO[C@@H](C)COc1cc2nc(-c3nnc4ccc([C@H](N5CC[C@](C)(N)C5)C(F)(F)F)cn34)ccc2cc1F.Cl.Cl. The fourth-order valence-electron chi connectivity index (χ4n) is 4.73. The minimum atomic E-state index is -4.51. The van der Waals surface area contributed by atoms with Gasteiger partial charge < -0.3 is 15.2 Å². The maximum absolute atomic E-state index is 14.5. The number of likely N-dealkylation sites (tertiary alicyclic amines) is 1. The zero-order valence-corrected chi connectivity index (χ0v) is 23.6. The molecular formula is C26H30Cl2F4N6O2. The highest BCUT2D eigenvalue weighted by Crippen LogP contribution is 2.41. The van der Waals surface area contributed by atoms with Crippen LogP contribution in [0.2, 0.25) is 0 Å². The molecule has 40 heavy (non-hydrogen) atoms. The van der Waals surface area contributed by atoms with Crippen LogP contribution in [0, 0.1) is 5.82 Å². The van der Waals surface area contributed by atoms with Crippen LogP contribution in [0.1, 0.15) is 31.9 Å². The number of rotatable bonds is 7. The second-order valence-electron chi connectivity index (χ2n) is 10.1. The number of aromatic nitrogens is 4. The predicted octanol–water partition coefficient (Wildman–Crippen LogP) is 5.37. The van der Waals surface area contributed by atoms with E-state index in [1.54, 1.807) is 26.0 Å². The monoisotopic (exact) mass is 604 g/mol. The van der Waals surface area contributed by atoms with Gasteiger partial charge in [-0.25, -0.2) is 9.37 Å². The number of nitrogens with two attached hydrogens (primary N) is 1. The normalized spacial score (nSPS) is 19.3. The molecule has 1 aromatic carbocycles. The number of methoxy groups -OCH3 is 1. The molecule has 0 aliphatic carbocycles. The van der Waals surface area contributed by atoms with Crippen LogP contribution in [0.15, 0.2) is 42.6 Å². The summed E-state index contributed by atoms with van der Waals surface area (Å²) < 4.78 is 69.5. The van der Waals surface area contributed by atoms with Gasteiger partial charge in [0.2, 0.25) is 0 Å². The lowest BCUT2D eigenvalue weighted by molar-refractivity contribution is -0.184. The third-order valence-corrected chi connectivity index (χ3v) is 6.80. The average molecular weight is 605 g/mol. The Bertz CT molecular complexity index is 1480. The van der Waals surface area contributed by atoms with E-state index < -0.39 is 23.6 Å². The van der Waals surface area contributed by atoms with Crippen LogP contribution in [0.5, 0.6) is 5.75 Å². The van der Waals surface area contributed by atoms with Gasteiger partial charge >= 0.3 is 6.18 Å². The summed E-state index contributed by atoms with van der Waals surface area (Å²) in [5, 5.41) is 8.82. The van der Waals surface area contributed by atoms with E-state index in [2.05, 4.69) is 15.2 Å². The highest BCUT2D eigenvalue weighted by molar-refractivity contribution is 5.85. The maximum atomic E-state index is 14.5. The molecule has 0 spiro atoms. The number of nitrogens with zero attached hydrogens (tertiary/aromatic N) is 5. The lowest BCUT2D eigenvalue weighted by atomic mass is 10.0. The fourth-order valence-corrected chi connectivity index (χ4v) is 4.73. The first kappa shape index (κ1) is 31.8. The molecule has 3 atom stereocenters. The highest BCUT2D eigenvalue weighted by atomic mass is 35.5. The molecule has 8 nitrogen and oxygen atoms in total. The van der Waals surface area contributed by atoms with Crippen LogP contribution in [0.25, 0.3) is 28.1 Å². The number of fused-ring (bicyclic) bond motifs is 2. The number of hydrogen-bond donors (Lipinski definition) is 1. The van der Waals surface area contributed by atoms with Crippen molar-refractivity contribution in [2.75, 3.05) is 26.8 Å². The van der Waals surface area contributed by atoms with Gasteiger partial charge in [-0.2, -0.15) is 13.2 Å². The summed E-state index contributed by atoms with van der Waals surface area (Å²) in [5.41, 5.74) is 6.66. The van der Waals surface area contributed by atoms with Crippen molar-refractivity contribution >= 4 is 41.4 Å². The van der Waals surface area contributed by atoms with Crippen LogP contribution in [-0.4, -0.2) is 69.1 Å². The molecule has 1 fully saturated rings. The summed E-state index contributed by atoms with van der Waals surface area (Å²) in [5.74, 6) is -0.263. The zero-order chi connectivity index (χ0) is 27.2. The fraction of sp³-hybridized carbons (Fsp3) is 0.423. The van der Waals surface area contributed by atoms with Gasteiger partial charge in [0, 0.05) is 43.4 Å². The van der Waals surface area contributed by atoms with Crippen LogP contribution in [-0.2, 0) is 4.74 Å². The van der Waals surface area contributed by atoms with Crippen LogP contribution < -0.4 is 10.5 Å². The predicted molar refractivity (Wildman–Crippen MR) is 148 cm³/mol. The number of halogens is 6. The summed E-state index contributed by atoms with van der Waals surface area (Å²) in [4.78, 5) is 5.95. The van der Waals surface area contributed by atoms with Crippen molar-refractivity contribution in [3.8, 4) is 17.3 Å². The van der Waals surface area contributed by atoms with Crippen molar-refractivity contribution < 1.29 is 27.0 Å². The molecule has 0 amide bonds. The van der Waals surface area contributed by atoms with E-state index in [0.717, 1.165) is 0 Å². The first-order valence-corrected chi connectivity index (χ1v) is 12.2. The van der Waals surface area contributed by atoms with Gasteiger partial charge in [-0.1, -0.05) is 12.1 Å². The first-order valence-electron chi connectivity index (χ1n) is 12.2. The molecule has 2 N–H and O–H groups in total. The molecule has 14 heteroatoms. The molecule has 0 radical (unpaired) electrons. The minimum absolute atomic E-state index is 0. The van der Waals surface area contributed by atoms with E-state index in [4.69, 9.17) is 15.2 Å². The zero-order valence-electron chi connectivity index (χ0n) is 22.0. The van der Waals surface area contributed by atoms with Gasteiger partial charge in [0.05, 0.1) is 11.6 Å². The number of hydrogen-bond acceptors (Lipinski definition) is 7. The number of benzene rings is 1. The summed E-state index contributed by atoms with van der Waals surface area (Å²) in [6, 6.07) is 7.17. The molecule has 0 bridgehead atoms. The van der Waals surface area contributed by atoms with E-state index in [9.17, 15) is 17.6 Å². The van der Waals surface area contributed by atoms with E-state index in [0.29, 0.717) is 28.7 Å². The van der Waals surface area contributed by atoms with Gasteiger partial charge in [0.15, 0.2) is 23.0 Å². The van der Waals surface area contributed by atoms with Gasteiger partial charge in [-0.3, -0.25) is 9.30 Å². The molecule has 0 saturated carbocycles. The Morgan fingerprint density at radius 2 is 1.88 bits per heavy atom. The highest BCUT2D eigenvalue weighted by Gasteiger charge is 2.48. The molecule has 5 rings (SSSR count). The quantitative estimate of drug-likeness (QED) is 0.284. The second-order valence-corrected chi connectivity index (χ2v) is 10.1. The second kappa shape index (κ2) is 12.0. The molecular weight excluding hydrogens is 575 g/mol. The largest absolute Gasteiger partial charge is 0.488 e. The van der Waals surface area contributed by atoms with E-state index >= 15 is 0 Å². The van der Waals surface area contributed by atoms with Crippen LogP contribution in [0.4, 0.5) is 17.6 Å². The Morgan fingerprint density at radius 1 is 1.12 bits per heavy atom. The summed E-state index contributed by atoms with van der Waals surface area (Å²) in [7, 11) is 1.53. The number of pyridine rings is 2. The van der Waals surface area contributed by atoms with Gasteiger partial charge in [-0.15, -0.1) is 35.0 Å². The average Bonchev–Trinajstić information content (AvgIpc) is 3.43. The Hall–Kier alpha value is -2.77. The van der Waals surface area contributed by atoms with Gasteiger partial charge in [0.25, 0.3) is 0 Å². The lowest BCUT2D eigenvalue weighted by Gasteiger charge is -2.31. The van der Waals surface area contributed by atoms with Crippen molar-refractivity contribution in [3.63, 3.8) is 0 Å². The van der Waals surface area contributed by atoms with Crippen molar-refractivity contribution in [1.82, 2.24) is 24.5 Å². The number of ether oxygens (including phenoxy) is 2. The Balaban J connectivity index is 0.00000220. The Labute approximate surface area is 240 Å². The van der Waals surface area contributed by atoms with Crippen molar-refractivity contribution in [1.29, 1.82) is 0 Å². The summed E-state index contributed by atoms with van der Waals surface area (Å²) >= 11 is 0. The van der Waals surface area contributed by atoms with Crippen LogP contribution in [0.3, 0.4) is 0 Å². The molecule has 4 heterocycles. The molecule has 3 aromatic heterocycles. The van der Waals surface area contributed by atoms with Crippen molar-refractivity contribution in [3.05, 3.63) is 54.0 Å². The topological polar surface area (TPSA) is 90.8 Å². The third kappa shape index (κ3) is 6.41. The molecule has 0 unspecified atom stereocenters. The van der Waals surface area contributed by atoms with Crippen LogP contribution >= 0.6 is 24.8 Å². The maximum Gasteiger partial charge on any atom is 0.408 e. The molecule has 1 aliphatic heterocycles. The lowest BCUT2D eigenvalue weighted by Crippen LogP contribution is -2.43.